The van der Waals surface area contributed by atoms with E-state index >= 15 is 0 Å². The first-order valence-corrected chi connectivity index (χ1v) is 7.81. The fraction of sp³-hybridized carbons (Fsp3) is 0.588. The number of hydrogen-bond acceptors (Lipinski definition) is 3. The second kappa shape index (κ2) is 8.03. The van der Waals surface area contributed by atoms with Crippen molar-refractivity contribution in [1.82, 2.24) is 10.2 Å². The number of amides is 1. The Kier molecular flexibility index (Phi) is 6.05. The van der Waals surface area contributed by atoms with Crippen LogP contribution in [0.5, 0.6) is 5.75 Å². The molecule has 1 aromatic carbocycles. The molecule has 0 spiro atoms. The molecule has 1 amide bonds. The van der Waals surface area contributed by atoms with E-state index in [2.05, 4.69) is 17.4 Å². The Balaban J connectivity index is 1.73. The molecule has 0 aliphatic carbocycles. The molecule has 0 aromatic heterocycles. The molecule has 1 heterocycles. The summed E-state index contributed by atoms with van der Waals surface area (Å²) in [6, 6.07) is 8.55. The maximum atomic E-state index is 12.2. The summed E-state index contributed by atoms with van der Waals surface area (Å²) in [5, 5.41) is 3.28. The second-order valence-corrected chi connectivity index (χ2v) is 5.67. The van der Waals surface area contributed by atoms with Gasteiger partial charge in [-0.15, -0.1) is 0 Å². The van der Waals surface area contributed by atoms with Gasteiger partial charge in [0.05, 0.1) is 7.11 Å². The van der Waals surface area contributed by atoms with Crippen molar-refractivity contribution in [2.45, 2.75) is 38.1 Å². The van der Waals surface area contributed by atoms with E-state index in [4.69, 9.17) is 4.74 Å². The molecule has 1 fully saturated rings. The summed E-state index contributed by atoms with van der Waals surface area (Å²) >= 11 is 0. The summed E-state index contributed by atoms with van der Waals surface area (Å²) in [5.74, 6) is 1.17. The number of likely N-dealkylation sites (tertiary alicyclic amines) is 1. The highest BCUT2D eigenvalue weighted by atomic mass is 16.5. The molecule has 0 bridgehead atoms. The van der Waals surface area contributed by atoms with Crippen LogP contribution in [0.1, 0.15) is 31.2 Å². The number of nitrogens with zero attached hydrogens (tertiary/aromatic N) is 1. The van der Waals surface area contributed by atoms with E-state index < -0.39 is 0 Å². The van der Waals surface area contributed by atoms with Crippen molar-refractivity contribution in [2.24, 2.45) is 0 Å². The predicted octanol–water partition coefficient (Wildman–Crippen LogP) is 2.23. The minimum Gasteiger partial charge on any atom is -0.497 e. The Morgan fingerprint density at radius 1 is 1.38 bits per heavy atom. The van der Waals surface area contributed by atoms with Crippen molar-refractivity contribution in [2.75, 3.05) is 27.2 Å². The summed E-state index contributed by atoms with van der Waals surface area (Å²) in [4.78, 5) is 14.2. The lowest BCUT2D eigenvalue weighted by Crippen LogP contribution is -2.46. The second-order valence-electron chi connectivity index (χ2n) is 5.67. The van der Waals surface area contributed by atoms with Gasteiger partial charge in [-0.05, 0) is 50.4 Å². The van der Waals surface area contributed by atoms with Gasteiger partial charge in [-0.25, -0.2) is 0 Å². The number of aryl methyl sites for hydroxylation is 1. The van der Waals surface area contributed by atoms with E-state index in [0.717, 1.165) is 38.1 Å². The monoisotopic (exact) mass is 290 g/mol. The number of hydrogen-bond donors (Lipinski definition) is 1. The van der Waals surface area contributed by atoms with Crippen LogP contribution >= 0.6 is 0 Å². The topological polar surface area (TPSA) is 41.6 Å². The molecule has 1 aliphatic rings. The van der Waals surface area contributed by atoms with E-state index in [0.29, 0.717) is 18.4 Å². The van der Waals surface area contributed by atoms with Crippen LogP contribution in [-0.4, -0.2) is 44.1 Å². The average molecular weight is 290 g/mol. The van der Waals surface area contributed by atoms with Crippen LogP contribution in [-0.2, 0) is 11.2 Å². The molecule has 4 heteroatoms. The SMILES string of the molecule is CNC1CCCN(C(=O)CCCc2ccc(OC)cc2)C1. The number of rotatable bonds is 6. The number of piperidine rings is 1. The minimum absolute atomic E-state index is 0.295. The van der Waals surface area contributed by atoms with Crippen LogP contribution in [0.2, 0.25) is 0 Å². The van der Waals surface area contributed by atoms with Gasteiger partial charge in [0.25, 0.3) is 0 Å². The van der Waals surface area contributed by atoms with Crippen molar-refractivity contribution in [3.05, 3.63) is 29.8 Å². The number of methoxy groups -OCH3 is 1. The molecule has 4 nitrogen and oxygen atoms in total. The van der Waals surface area contributed by atoms with E-state index in [9.17, 15) is 4.79 Å². The van der Waals surface area contributed by atoms with Crippen LogP contribution in [0.4, 0.5) is 0 Å². The van der Waals surface area contributed by atoms with Gasteiger partial charge < -0.3 is 15.0 Å². The Labute approximate surface area is 127 Å². The lowest BCUT2D eigenvalue weighted by Gasteiger charge is -2.32. The van der Waals surface area contributed by atoms with Gasteiger partial charge in [0, 0.05) is 25.6 Å². The van der Waals surface area contributed by atoms with Gasteiger partial charge in [0.2, 0.25) is 5.91 Å². The zero-order valence-corrected chi connectivity index (χ0v) is 13.1. The fourth-order valence-electron chi connectivity index (χ4n) is 2.83. The van der Waals surface area contributed by atoms with Gasteiger partial charge in [-0.2, -0.15) is 0 Å². The molecule has 2 rings (SSSR count). The summed E-state index contributed by atoms with van der Waals surface area (Å²) in [7, 11) is 3.65. The van der Waals surface area contributed by atoms with E-state index in [1.54, 1.807) is 7.11 Å². The Morgan fingerprint density at radius 3 is 2.81 bits per heavy atom. The number of carbonyl (C=O) groups excluding carboxylic acids is 1. The van der Waals surface area contributed by atoms with Crippen molar-refractivity contribution in [1.29, 1.82) is 0 Å². The van der Waals surface area contributed by atoms with Gasteiger partial charge >= 0.3 is 0 Å². The Hall–Kier alpha value is -1.55. The molecule has 1 unspecified atom stereocenters. The highest BCUT2D eigenvalue weighted by molar-refractivity contribution is 5.76. The highest BCUT2D eigenvalue weighted by Gasteiger charge is 2.21. The van der Waals surface area contributed by atoms with Gasteiger partial charge in [-0.3, -0.25) is 4.79 Å². The molecule has 21 heavy (non-hydrogen) atoms. The van der Waals surface area contributed by atoms with E-state index in [-0.39, 0.29) is 0 Å². The van der Waals surface area contributed by atoms with Crippen molar-refractivity contribution in [3.63, 3.8) is 0 Å². The summed E-state index contributed by atoms with van der Waals surface area (Å²) in [5.41, 5.74) is 1.26. The van der Waals surface area contributed by atoms with Crippen molar-refractivity contribution in [3.8, 4) is 5.75 Å². The third-order valence-corrected chi connectivity index (χ3v) is 4.20. The maximum absolute atomic E-state index is 12.2. The summed E-state index contributed by atoms with van der Waals surface area (Å²) < 4.78 is 5.15. The van der Waals surface area contributed by atoms with E-state index in [1.165, 1.54) is 12.0 Å². The third kappa shape index (κ3) is 4.74. The highest BCUT2D eigenvalue weighted by Crippen LogP contribution is 2.15. The molecule has 1 aromatic rings. The molecule has 0 radical (unpaired) electrons. The molecular weight excluding hydrogens is 264 g/mol. The molecule has 1 atom stereocenters. The Bertz CT molecular complexity index is 445. The molecule has 1 N–H and O–H groups in total. The normalized spacial score (nSPS) is 18.6. The standard InChI is InChI=1S/C17H26N2O2/c1-18-15-6-4-12-19(13-15)17(20)7-3-5-14-8-10-16(21-2)11-9-14/h8-11,15,18H,3-7,12-13H2,1-2H3. The molecular formula is C17H26N2O2. The average Bonchev–Trinajstić information content (AvgIpc) is 2.55. The van der Waals surface area contributed by atoms with Crippen molar-refractivity contribution < 1.29 is 9.53 Å². The predicted molar refractivity (Wildman–Crippen MR) is 84.6 cm³/mol. The van der Waals surface area contributed by atoms with Crippen molar-refractivity contribution >= 4 is 5.91 Å². The van der Waals surface area contributed by atoms with Gasteiger partial charge in [-0.1, -0.05) is 12.1 Å². The minimum atomic E-state index is 0.295. The lowest BCUT2D eigenvalue weighted by molar-refractivity contribution is -0.132. The first-order valence-electron chi connectivity index (χ1n) is 7.81. The first-order chi connectivity index (χ1) is 10.2. The van der Waals surface area contributed by atoms with Crippen LogP contribution in [0.15, 0.2) is 24.3 Å². The van der Waals surface area contributed by atoms with Crippen LogP contribution in [0, 0.1) is 0 Å². The zero-order valence-electron chi connectivity index (χ0n) is 13.1. The van der Waals surface area contributed by atoms with Gasteiger partial charge in [0.1, 0.15) is 5.75 Å². The number of carbonyl (C=O) groups is 1. The quantitative estimate of drug-likeness (QED) is 0.873. The lowest BCUT2D eigenvalue weighted by atomic mass is 10.0. The fourth-order valence-corrected chi connectivity index (χ4v) is 2.83. The third-order valence-electron chi connectivity index (χ3n) is 4.20. The molecule has 116 valence electrons. The van der Waals surface area contributed by atoms with Crippen LogP contribution < -0.4 is 10.1 Å². The number of benzene rings is 1. The molecule has 1 aliphatic heterocycles. The van der Waals surface area contributed by atoms with Gasteiger partial charge in [0.15, 0.2) is 0 Å². The molecule has 1 saturated heterocycles. The number of ether oxygens (including phenoxy) is 1. The number of nitrogens with one attached hydrogen (secondary N) is 1. The molecule has 0 saturated carbocycles. The summed E-state index contributed by atoms with van der Waals surface area (Å²) in [6.07, 6.45) is 4.77. The number of likely N-dealkylation sites (N-methyl/N-ethyl adjacent to an activating group) is 1. The maximum Gasteiger partial charge on any atom is 0.222 e. The van der Waals surface area contributed by atoms with Crippen LogP contribution in [0.3, 0.4) is 0 Å². The van der Waals surface area contributed by atoms with Crippen LogP contribution in [0.25, 0.3) is 0 Å². The first kappa shape index (κ1) is 15.8. The summed E-state index contributed by atoms with van der Waals surface area (Å²) in [6.45, 7) is 1.78. The largest absolute Gasteiger partial charge is 0.497 e. The van der Waals surface area contributed by atoms with E-state index in [1.807, 2.05) is 24.1 Å². The smallest absolute Gasteiger partial charge is 0.222 e. The zero-order chi connectivity index (χ0) is 15.1. The Morgan fingerprint density at radius 2 is 2.14 bits per heavy atom.